The quantitative estimate of drug-likeness (QED) is 0.371. The molecule has 2 aliphatic carbocycles. The fourth-order valence-electron chi connectivity index (χ4n) is 5.45. The molecule has 1 unspecified atom stereocenters. The average molecular weight is 389 g/mol. The van der Waals surface area contributed by atoms with Crippen LogP contribution in [0.4, 0.5) is 8.78 Å². The molecular formula is C26H38F2. The Labute approximate surface area is 170 Å². The minimum absolute atomic E-state index is 0.471. The summed E-state index contributed by atoms with van der Waals surface area (Å²) in [5.41, 5.74) is 1.87. The molecule has 2 heteroatoms. The number of halogens is 2. The van der Waals surface area contributed by atoms with Gasteiger partial charge in [-0.1, -0.05) is 70.8 Å². The molecule has 1 atom stereocenters. The van der Waals surface area contributed by atoms with E-state index in [2.05, 4.69) is 13.0 Å². The smallest absolute Gasteiger partial charge is 0.126 e. The van der Waals surface area contributed by atoms with Gasteiger partial charge in [0.25, 0.3) is 0 Å². The molecule has 1 aromatic rings. The van der Waals surface area contributed by atoms with Gasteiger partial charge >= 0.3 is 0 Å². The van der Waals surface area contributed by atoms with Gasteiger partial charge in [0, 0.05) is 6.07 Å². The molecule has 0 bridgehead atoms. The number of benzene rings is 1. The monoisotopic (exact) mass is 388 g/mol. The molecule has 1 aromatic carbocycles. The Bertz CT molecular complexity index is 605. The van der Waals surface area contributed by atoms with Crippen LogP contribution in [0.5, 0.6) is 0 Å². The van der Waals surface area contributed by atoms with Crippen molar-refractivity contribution in [1.82, 2.24) is 0 Å². The lowest BCUT2D eigenvalue weighted by atomic mass is 9.70. The van der Waals surface area contributed by atoms with Crippen molar-refractivity contribution < 1.29 is 8.78 Å². The predicted molar refractivity (Wildman–Crippen MR) is 115 cm³/mol. The van der Waals surface area contributed by atoms with E-state index in [1.54, 1.807) is 0 Å². The Kier molecular flexibility index (Phi) is 8.55. The number of unbranched alkanes of at least 4 members (excludes halogenated alkanes) is 5. The first-order valence-corrected chi connectivity index (χ1v) is 11.8. The maximum Gasteiger partial charge on any atom is 0.126 e. The summed E-state index contributed by atoms with van der Waals surface area (Å²) in [5.74, 6) is 1.66. The van der Waals surface area contributed by atoms with E-state index in [1.165, 1.54) is 89.2 Å². The zero-order valence-corrected chi connectivity index (χ0v) is 17.7. The first-order chi connectivity index (χ1) is 13.7. The molecule has 0 N–H and O–H groups in total. The summed E-state index contributed by atoms with van der Waals surface area (Å²) in [6.07, 6.45) is 21.0. The lowest BCUT2D eigenvalue weighted by Gasteiger charge is -2.35. The molecule has 0 nitrogen and oxygen atoms in total. The second kappa shape index (κ2) is 11.1. The van der Waals surface area contributed by atoms with E-state index >= 15 is 0 Å². The van der Waals surface area contributed by atoms with Gasteiger partial charge in [-0.3, -0.25) is 0 Å². The van der Waals surface area contributed by atoms with Crippen LogP contribution >= 0.6 is 0 Å². The summed E-state index contributed by atoms with van der Waals surface area (Å²) in [6, 6.07) is 3.91. The van der Waals surface area contributed by atoms with Crippen LogP contribution in [0.1, 0.15) is 102 Å². The third-order valence-electron chi connectivity index (χ3n) is 7.21. The van der Waals surface area contributed by atoms with Crippen LogP contribution in [0.15, 0.2) is 24.3 Å². The van der Waals surface area contributed by atoms with E-state index in [4.69, 9.17) is 0 Å². The first-order valence-electron chi connectivity index (χ1n) is 11.8. The topological polar surface area (TPSA) is 0 Å². The maximum absolute atomic E-state index is 13.5. The Morgan fingerprint density at radius 1 is 0.786 bits per heavy atom. The van der Waals surface area contributed by atoms with Gasteiger partial charge in [0.15, 0.2) is 0 Å². The molecule has 0 aliphatic heterocycles. The van der Waals surface area contributed by atoms with E-state index < -0.39 is 11.6 Å². The van der Waals surface area contributed by atoms with Crippen molar-refractivity contribution in [2.75, 3.05) is 0 Å². The van der Waals surface area contributed by atoms with Crippen LogP contribution in [-0.2, 0) is 0 Å². The average Bonchev–Trinajstić information content (AvgIpc) is 2.70. The van der Waals surface area contributed by atoms with Crippen LogP contribution in [0.25, 0.3) is 5.57 Å². The molecule has 1 saturated carbocycles. The van der Waals surface area contributed by atoms with Crippen molar-refractivity contribution in [3.63, 3.8) is 0 Å². The highest BCUT2D eigenvalue weighted by atomic mass is 19.1. The molecule has 0 aromatic heterocycles. The first kappa shape index (κ1) is 21.5. The second-order valence-electron chi connectivity index (χ2n) is 9.26. The highest BCUT2D eigenvalue weighted by Gasteiger charge is 2.28. The van der Waals surface area contributed by atoms with Gasteiger partial charge in [-0.25, -0.2) is 8.78 Å². The highest BCUT2D eigenvalue weighted by Crippen LogP contribution is 2.42. The Morgan fingerprint density at radius 3 is 2.11 bits per heavy atom. The van der Waals surface area contributed by atoms with E-state index in [0.717, 1.165) is 47.8 Å². The molecule has 0 saturated heterocycles. The lowest BCUT2D eigenvalue weighted by Crippen LogP contribution is -2.23. The van der Waals surface area contributed by atoms with Gasteiger partial charge in [-0.15, -0.1) is 0 Å². The van der Waals surface area contributed by atoms with E-state index in [-0.39, 0.29) is 0 Å². The maximum atomic E-state index is 13.5. The Hall–Kier alpha value is -1.18. The molecular weight excluding hydrogens is 350 g/mol. The van der Waals surface area contributed by atoms with Crippen molar-refractivity contribution in [2.24, 2.45) is 17.8 Å². The number of hydrogen-bond donors (Lipinski definition) is 0. The van der Waals surface area contributed by atoms with Crippen LogP contribution in [0.3, 0.4) is 0 Å². The molecule has 1 fully saturated rings. The minimum Gasteiger partial charge on any atom is -0.207 e. The Morgan fingerprint density at radius 2 is 1.46 bits per heavy atom. The predicted octanol–water partition coefficient (Wildman–Crippen LogP) is 8.71. The number of rotatable bonds is 9. The summed E-state index contributed by atoms with van der Waals surface area (Å²) in [6.45, 7) is 2.28. The number of hydrogen-bond acceptors (Lipinski definition) is 0. The molecule has 2 aliphatic rings. The van der Waals surface area contributed by atoms with Crippen molar-refractivity contribution in [3.05, 3.63) is 41.5 Å². The SMILES string of the molecule is CCCCCCCCC1CCC(C2CC=C(c3cc(F)cc(F)c3)CC2)CC1. The fraction of sp³-hybridized carbons (Fsp3) is 0.692. The van der Waals surface area contributed by atoms with Crippen molar-refractivity contribution in [3.8, 4) is 0 Å². The Balaban J connectivity index is 1.38. The second-order valence-corrected chi connectivity index (χ2v) is 9.26. The third-order valence-corrected chi connectivity index (χ3v) is 7.21. The van der Waals surface area contributed by atoms with Gasteiger partial charge in [0.1, 0.15) is 11.6 Å². The normalized spacial score (nSPS) is 25.5. The van der Waals surface area contributed by atoms with E-state index in [1.807, 2.05) is 0 Å². The zero-order chi connectivity index (χ0) is 19.8. The van der Waals surface area contributed by atoms with Gasteiger partial charge in [0.05, 0.1) is 0 Å². The van der Waals surface area contributed by atoms with Crippen molar-refractivity contribution in [2.45, 2.75) is 96.8 Å². The zero-order valence-electron chi connectivity index (χ0n) is 17.7. The number of allylic oxidation sites excluding steroid dienone is 2. The van der Waals surface area contributed by atoms with Crippen LogP contribution in [0.2, 0.25) is 0 Å². The molecule has 0 heterocycles. The summed E-state index contributed by atoms with van der Waals surface area (Å²) in [5, 5.41) is 0. The third kappa shape index (κ3) is 6.42. The molecule has 3 rings (SSSR count). The summed E-state index contributed by atoms with van der Waals surface area (Å²) in [4.78, 5) is 0. The minimum atomic E-state index is -0.471. The van der Waals surface area contributed by atoms with E-state index in [0.29, 0.717) is 0 Å². The van der Waals surface area contributed by atoms with Crippen LogP contribution < -0.4 is 0 Å². The summed E-state index contributed by atoms with van der Waals surface area (Å²) >= 11 is 0. The summed E-state index contributed by atoms with van der Waals surface area (Å²) in [7, 11) is 0. The van der Waals surface area contributed by atoms with E-state index in [9.17, 15) is 8.78 Å². The fourth-order valence-corrected chi connectivity index (χ4v) is 5.45. The lowest BCUT2D eigenvalue weighted by molar-refractivity contribution is 0.187. The molecule has 0 spiro atoms. The van der Waals surface area contributed by atoms with Crippen LogP contribution in [0, 0.1) is 29.4 Å². The molecule has 156 valence electrons. The highest BCUT2D eigenvalue weighted by molar-refractivity contribution is 5.66. The standard InChI is InChI=1S/C26H38F2/c1-2-3-4-5-6-7-8-20-9-11-21(12-10-20)22-13-15-23(16-14-22)24-17-25(27)19-26(28)18-24/h15,17-22H,2-14,16H2,1H3. The summed E-state index contributed by atoms with van der Waals surface area (Å²) < 4.78 is 27.0. The van der Waals surface area contributed by atoms with Gasteiger partial charge in [-0.05, 0) is 73.1 Å². The molecule has 28 heavy (non-hydrogen) atoms. The van der Waals surface area contributed by atoms with Crippen molar-refractivity contribution in [1.29, 1.82) is 0 Å². The molecule has 0 radical (unpaired) electrons. The van der Waals surface area contributed by atoms with Crippen LogP contribution in [-0.4, -0.2) is 0 Å². The molecule has 0 amide bonds. The van der Waals surface area contributed by atoms with Gasteiger partial charge in [0.2, 0.25) is 0 Å². The largest absolute Gasteiger partial charge is 0.207 e. The van der Waals surface area contributed by atoms with Gasteiger partial charge in [-0.2, -0.15) is 0 Å². The van der Waals surface area contributed by atoms with Gasteiger partial charge < -0.3 is 0 Å². The van der Waals surface area contributed by atoms with Crippen molar-refractivity contribution >= 4 is 5.57 Å².